The van der Waals surface area contributed by atoms with Crippen molar-refractivity contribution in [2.45, 2.75) is 26.3 Å². The maximum atomic E-state index is 12.3. The number of aromatic nitrogens is 2. The minimum atomic E-state index is -0.0318. The molecule has 3 N–H and O–H groups in total. The summed E-state index contributed by atoms with van der Waals surface area (Å²) in [5.41, 5.74) is 7.52. The van der Waals surface area contributed by atoms with Crippen LogP contribution >= 0.6 is 22.9 Å². The van der Waals surface area contributed by atoms with Crippen molar-refractivity contribution in [3.63, 3.8) is 0 Å². The Morgan fingerprint density at radius 3 is 2.80 bits per heavy atom. The van der Waals surface area contributed by atoms with Crippen molar-refractivity contribution in [3.8, 4) is 0 Å². The molecule has 0 spiro atoms. The summed E-state index contributed by atoms with van der Waals surface area (Å²) in [4.78, 5) is 14.0. The number of benzene rings is 1. The number of nitrogens with two attached hydrogens (primary N) is 1. The lowest BCUT2D eigenvalue weighted by Crippen LogP contribution is -2.24. The highest BCUT2D eigenvalue weighted by Gasteiger charge is 2.16. The smallest absolute Gasteiger partial charge is 0.261 e. The second-order valence-corrected chi connectivity index (χ2v) is 7.42. The van der Waals surface area contributed by atoms with Crippen LogP contribution < -0.4 is 11.1 Å². The zero-order valence-electron chi connectivity index (χ0n) is 14.1. The molecule has 0 saturated carbocycles. The molecule has 132 valence electrons. The molecule has 0 bridgehead atoms. The molecule has 0 fully saturated rings. The van der Waals surface area contributed by atoms with Crippen LogP contribution in [-0.4, -0.2) is 28.8 Å². The summed E-state index contributed by atoms with van der Waals surface area (Å²) in [5.74, 6) is -0.0318. The minimum absolute atomic E-state index is 0.0318. The van der Waals surface area contributed by atoms with E-state index in [1.807, 2.05) is 41.9 Å². The molecule has 0 saturated heterocycles. The van der Waals surface area contributed by atoms with Crippen LogP contribution in [0.15, 0.2) is 30.3 Å². The molecular formula is C18H21ClN4OS. The number of unbranched alkanes of at least 4 members (excludes halogenated alkanes) is 1. The van der Waals surface area contributed by atoms with Crippen molar-refractivity contribution in [3.05, 3.63) is 51.5 Å². The number of rotatable bonds is 7. The van der Waals surface area contributed by atoms with E-state index in [-0.39, 0.29) is 5.91 Å². The highest BCUT2D eigenvalue weighted by atomic mass is 35.5. The van der Waals surface area contributed by atoms with E-state index in [2.05, 4.69) is 10.4 Å². The average Bonchev–Trinajstić information content (AvgIpc) is 3.15. The fourth-order valence-corrected chi connectivity index (χ4v) is 3.86. The number of halogens is 1. The number of carbonyl (C=O) groups excluding carboxylic acids is 1. The lowest BCUT2D eigenvalue weighted by atomic mass is 10.2. The summed E-state index contributed by atoms with van der Waals surface area (Å²) >= 11 is 7.42. The molecule has 0 aliphatic carbocycles. The lowest BCUT2D eigenvalue weighted by Gasteiger charge is -2.04. The molecule has 2 heterocycles. The van der Waals surface area contributed by atoms with Crippen LogP contribution in [0.2, 0.25) is 5.02 Å². The van der Waals surface area contributed by atoms with Gasteiger partial charge < -0.3 is 11.1 Å². The molecule has 3 aromatic rings. The number of hydrogen-bond acceptors (Lipinski definition) is 4. The summed E-state index contributed by atoms with van der Waals surface area (Å²) in [6.07, 6.45) is 1.82. The van der Waals surface area contributed by atoms with Crippen LogP contribution in [0.3, 0.4) is 0 Å². The third kappa shape index (κ3) is 4.21. The maximum absolute atomic E-state index is 12.3. The number of nitrogens with zero attached hydrogens (tertiary/aromatic N) is 2. The van der Waals surface area contributed by atoms with Crippen molar-refractivity contribution in [2.75, 3.05) is 13.1 Å². The van der Waals surface area contributed by atoms with E-state index in [4.69, 9.17) is 17.3 Å². The van der Waals surface area contributed by atoms with Gasteiger partial charge in [-0.05, 0) is 50.1 Å². The summed E-state index contributed by atoms with van der Waals surface area (Å²) in [5, 5.41) is 9.31. The Bertz CT molecular complexity index is 869. The predicted molar refractivity (Wildman–Crippen MR) is 104 cm³/mol. The molecule has 5 nitrogen and oxygen atoms in total. The SMILES string of the molecule is Cc1nn(Cc2ccc(Cl)cc2)c2sc(C(=O)NCCCCN)cc12. The van der Waals surface area contributed by atoms with Crippen LogP contribution in [0.1, 0.15) is 33.8 Å². The maximum Gasteiger partial charge on any atom is 0.261 e. The number of aryl methyl sites for hydroxylation is 1. The number of carbonyl (C=O) groups is 1. The van der Waals surface area contributed by atoms with Gasteiger partial charge in [-0.3, -0.25) is 9.48 Å². The van der Waals surface area contributed by atoms with Crippen molar-refractivity contribution in [1.29, 1.82) is 0 Å². The zero-order valence-corrected chi connectivity index (χ0v) is 15.7. The van der Waals surface area contributed by atoms with Crippen LogP contribution in [0.5, 0.6) is 0 Å². The first-order chi connectivity index (χ1) is 12.1. The minimum Gasteiger partial charge on any atom is -0.351 e. The molecule has 2 aromatic heterocycles. The van der Waals surface area contributed by atoms with Gasteiger partial charge in [0.1, 0.15) is 4.83 Å². The molecule has 7 heteroatoms. The van der Waals surface area contributed by atoms with E-state index in [0.717, 1.165) is 39.3 Å². The largest absolute Gasteiger partial charge is 0.351 e. The van der Waals surface area contributed by atoms with Gasteiger partial charge in [-0.15, -0.1) is 11.3 Å². The first-order valence-electron chi connectivity index (χ1n) is 8.28. The van der Waals surface area contributed by atoms with E-state index in [1.54, 1.807) is 0 Å². The van der Waals surface area contributed by atoms with Gasteiger partial charge in [-0.1, -0.05) is 23.7 Å². The topological polar surface area (TPSA) is 72.9 Å². The molecule has 0 aliphatic heterocycles. The number of fused-ring (bicyclic) bond motifs is 1. The highest BCUT2D eigenvalue weighted by Crippen LogP contribution is 2.29. The molecular weight excluding hydrogens is 356 g/mol. The van der Waals surface area contributed by atoms with Crippen molar-refractivity contribution >= 4 is 39.1 Å². The lowest BCUT2D eigenvalue weighted by molar-refractivity contribution is 0.0957. The summed E-state index contributed by atoms with van der Waals surface area (Å²) < 4.78 is 1.95. The van der Waals surface area contributed by atoms with Gasteiger partial charge in [0.25, 0.3) is 5.91 Å². The molecule has 25 heavy (non-hydrogen) atoms. The molecule has 0 aliphatic rings. The quantitative estimate of drug-likeness (QED) is 0.619. The number of hydrogen-bond donors (Lipinski definition) is 2. The van der Waals surface area contributed by atoms with Gasteiger partial charge in [0.2, 0.25) is 0 Å². The van der Waals surface area contributed by atoms with Crippen LogP contribution in [0.25, 0.3) is 10.2 Å². The first-order valence-corrected chi connectivity index (χ1v) is 9.47. The highest BCUT2D eigenvalue weighted by molar-refractivity contribution is 7.20. The average molecular weight is 377 g/mol. The van der Waals surface area contributed by atoms with Crippen LogP contribution in [0.4, 0.5) is 0 Å². The van der Waals surface area contributed by atoms with Gasteiger partial charge in [-0.25, -0.2) is 0 Å². The summed E-state index contributed by atoms with van der Waals surface area (Å²) in [6.45, 7) is 3.93. The van der Waals surface area contributed by atoms with Gasteiger partial charge in [-0.2, -0.15) is 5.10 Å². The number of thiophene rings is 1. The molecule has 0 atom stereocenters. The monoisotopic (exact) mass is 376 g/mol. The Balaban J connectivity index is 1.78. The van der Waals surface area contributed by atoms with Gasteiger partial charge >= 0.3 is 0 Å². The normalized spacial score (nSPS) is 11.2. The predicted octanol–water partition coefficient (Wildman–Crippen LogP) is 3.58. The van der Waals surface area contributed by atoms with E-state index in [9.17, 15) is 4.79 Å². The third-order valence-electron chi connectivity index (χ3n) is 3.99. The number of amides is 1. The van der Waals surface area contributed by atoms with E-state index in [0.29, 0.717) is 24.5 Å². The standard InChI is InChI=1S/C18H21ClN4OS/c1-12-15-10-16(17(24)21-9-3-2-8-20)25-18(15)23(22-12)11-13-4-6-14(19)7-5-13/h4-7,10H,2-3,8-9,11,20H2,1H3,(H,21,24). The second kappa shape index (κ2) is 7.99. The molecule has 0 radical (unpaired) electrons. The van der Waals surface area contributed by atoms with Crippen LogP contribution in [-0.2, 0) is 6.54 Å². The molecule has 3 rings (SSSR count). The van der Waals surface area contributed by atoms with Crippen molar-refractivity contribution in [2.24, 2.45) is 5.73 Å². The molecule has 1 aromatic carbocycles. The van der Waals surface area contributed by atoms with Gasteiger partial charge in [0, 0.05) is 17.0 Å². The van der Waals surface area contributed by atoms with Crippen LogP contribution in [0, 0.1) is 6.92 Å². The Morgan fingerprint density at radius 1 is 1.32 bits per heavy atom. The fraction of sp³-hybridized carbons (Fsp3) is 0.333. The van der Waals surface area contributed by atoms with Gasteiger partial charge in [0.15, 0.2) is 0 Å². The zero-order chi connectivity index (χ0) is 17.8. The Morgan fingerprint density at radius 2 is 2.08 bits per heavy atom. The molecule has 0 unspecified atom stereocenters. The van der Waals surface area contributed by atoms with Crippen molar-refractivity contribution in [1.82, 2.24) is 15.1 Å². The Kier molecular flexibility index (Phi) is 5.73. The summed E-state index contributed by atoms with van der Waals surface area (Å²) in [7, 11) is 0. The van der Waals surface area contributed by atoms with E-state index < -0.39 is 0 Å². The van der Waals surface area contributed by atoms with E-state index in [1.165, 1.54) is 11.3 Å². The van der Waals surface area contributed by atoms with E-state index >= 15 is 0 Å². The Hall–Kier alpha value is -1.89. The Labute approximate surface area is 155 Å². The van der Waals surface area contributed by atoms with Crippen molar-refractivity contribution < 1.29 is 4.79 Å². The first kappa shape index (κ1) is 17.9. The fourth-order valence-electron chi connectivity index (χ4n) is 2.65. The van der Waals surface area contributed by atoms with Gasteiger partial charge in [0.05, 0.1) is 17.1 Å². The third-order valence-corrected chi connectivity index (χ3v) is 5.39. The summed E-state index contributed by atoms with van der Waals surface area (Å²) in [6, 6.07) is 9.66. The molecule has 1 amide bonds. The number of nitrogens with one attached hydrogen (secondary N) is 1. The second-order valence-electron chi connectivity index (χ2n) is 5.95.